The van der Waals surface area contributed by atoms with Crippen LogP contribution >= 0.6 is 11.3 Å². The van der Waals surface area contributed by atoms with Gasteiger partial charge in [-0.05, 0) is 12.1 Å². The second-order valence-corrected chi connectivity index (χ2v) is 5.12. The van der Waals surface area contributed by atoms with Crippen LogP contribution < -0.4 is 5.32 Å². The van der Waals surface area contributed by atoms with E-state index in [0.717, 1.165) is 16.5 Å². The second kappa shape index (κ2) is 5.61. The number of hydrogen-bond donors (Lipinski definition) is 1. The summed E-state index contributed by atoms with van der Waals surface area (Å²) in [6, 6.07) is 5.59. The van der Waals surface area contributed by atoms with Crippen LogP contribution in [-0.4, -0.2) is 9.97 Å². The van der Waals surface area contributed by atoms with Crippen LogP contribution in [0.25, 0.3) is 0 Å². The number of thiazole rings is 1. The first kappa shape index (κ1) is 12.5. The predicted molar refractivity (Wildman–Crippen MR) is 72.5 cm³/mol. The van der Waals surface area contributed by atoms with Gasteiger partial charge in [0.25, 0.3) is 0 Å². The molecule has 0 saturated heterocycles. The SMILES string of the molecule is CC(C)c1nc(CNc2ccc(C#N)cn2)cs1. The number of aromatic nitrogens is 2. The van der Waals surface area contributed by atoms with Crippen molar-refractivity contribution in [2.24, 2.45) is 0 Å². The highest BCUT2D eigenvalue weighted by Crippen LogP contribution is 2.19. The summed E-state index contributed by atoms with van der Waals surface area (Å²) in [4.78, 5) is 8.68. The summed E-state index contributed by atoms with van der Waals surface area (Å²) in [7, 11) is 0. The molecule has 5 heteroatoms. The van der Waals surface area contributed by atoms with Crippen molar-refractivity contribution in [2.75, 3.05) is 5.32 Å². The third kappa shape index (κ3) is 3.05. The van der Waals surface area contributed by atoms with Gasteiger partial charge >= 0.3 is 0 Å². The number of pyridine rings is 1. The molecule has 18 heavy (non-hydrogen) atoms. The molecule has 0 aliphatic heterocycles. The van der Waals surface area contributed by atoms with Gasteiger partial charge in [-0.3, -0.25) is 0 Å². The number of rotatable bonds is 4. The summed E-state index contributed by atoms with van der Waals surface area (Å²) < 4.78 is 0. The van der Waals surface area contributed by atoms with Gasteiger partial charge < -0.3 is 5.32 Å². The van der Waals surface area contributed by atoms with Crippen LogP contribution in [0.15, 0.2) is 23.7 Å². The summed E-state index contributed by atoms with van der Waals surface area (Å²) in [6.07, 6.45) is 1.56. The molecular weight excluding hydrogens is 244 g/mol. The molecular formula is C13H14N4S. The number of nitriles is 1. The average molecular weight is 258 g/mol. The molecule has 0 spiro atoms. The van der Waals surface area contributed by atoms with Gasteiger partial charge in [0, 0.05) is 17.5 Å². The minimum atomic E-state index is 0.469. The lowest BCUT2D eigenvalue weighted by Gasteiger charge is -2.03. The minimum Gasteiger partial charge on any atom is -0.364 e. The van der Waals surface area contributed by atoms with Gasteiger partial charge in [0.15, 0.2) is 0 Å². The largest absolute Gasteiger partial charge is 0.364 e. The Kier molecular flexibility index (Phi) is 3.90. The highest BCUT2D eigenvalue weighted by atomic mass is 32.1. The molecule has 2 heterocycles. The molecule has 0 bridgehead atoms. The third-order valence-corrected chi connectivity index (χ3v) is 3.60. The first-order valence-electron chi connectivity index (χ1n) is 5.73. The first-order chi connectivity index (χ1) is 8.69. The lowest BCUT2D eigenvalue weighted by molar-refractivity contribution is 0.840. The number of nitrogens with zero attached hydrogens (tertiary/aromatic N) is 3. The molecule has 2 aromatic rings. The molecule has 0 unspecified atom stereocenters. The summed E-state index contributed by atoms with van der Waals surface area (Å²) in [5, 5.41) is 15.1. The van der Waals surface area contributed by atoms with E-state index in [1.807, 2.05) is 6.07 Å². The van der Waals surface area contributed by atoms with E-state index in [-0.39, 0.29) is 0 Å². The fourth-order valence-corrected chi connectivity index (χ4v) is 2.25. The Bertz CT molecular complexity index is 551. The molecule has 92 valence electrons. The van der Waals surface area contributed by atoms with E-state index in [1.165, 1.54) is 0 Å². The molecule has 0 fully saturated rings. The van der Waals surface area contributed by atoms with Gasteiger partial charge in [-0.1, -0.05) is 13.8 Å². The zero-order chi connectivity index (χ0) is 13.0. The Morgan fingerprint density at radius 2 is 2.28 bits per heavy atom. The number of nitrogens with one attached hydrogen (secondary N) is 1. The quantitative estimate of drug-likeness (QED) is 0.915. The minimum absolute atomic E-state index is 0.469. The monoisotopic (exact) mass is 258 g/mol. The standard InChI is InChI=1S/C13H14N4S/c1-9(2)13-17-11(8-18-13)7-16-12-4-3-10(5-14)6-15-12/h3-4,6,8-9H,7H2,1-2H3,(H,15,16). The van der Waals surface area contributed by atoms with Crippen LogP contribution in [0.3, 0.4) is 0 Å². The predicted octanol–water partition coefficient (Wildman–Crippen LogP) is 3.15. The lowest BCUT2D eigenvalue weighted by atomic mass is 10.2. The molecule has 4 nitrogen and oxygen atoms in total. The van der Waals surface area contributed by atoms with Crippen LogP contribution in [0.2, 0.25) is 0 Å². The number of anilines is 1. The zero-order valence-corrected chi connectivity index (χ0v) is 11.2. The van der Waals surface area contributed by atoms with E-state index in [2.05, 4.69) is 34.5 Å². The van der Waals surface area contributed by atoms with E-state index in [0.29, 0.717) is 18.0 Å². The smallest absolute Gasteiger partial charge is 0.126 e. The number of hydrogen-bond acceptors (Lipinski definition) is 5. The molecule has 1 N–H and O–H groups in total. The van der Waals surface area contributed by atoms with Gasteiger partial charge in [0.1, 0.15) is 11.9 Å². The highest BCUT2D eigenvalue weighted by molar-refractivity contribution is 7.09. The van der Waals surface area contributed by atoms with Crippen molar-refractivity contribution in [3.63, 3.8) is 0 Å². The fraction of sp³-hybridized carbons (Fsp3) is 0.308. The van der Waals surface area contributed by atoms with Crippen LogP contribution in [0, 0.1) is 11.3 Å². The van der Waals surface area contributed by atoms with Crippen molar-refractivity contribution in [3.8, 4) is 6.07 Å². The summed E-state index contributed by atoms with van der Waals surface area (Å²) >= 11 is 1.68. The van der Waals surface area contributed by atoms with Gasteiger partial charge in [0.2, 0.25) is 0 Å². The molecule has 0 amide bonds. The van der Waals surface area contributed by atoms with E-state index in [1.54, 1.807) is 29.7 Å². The Morgan fingerprint density at radius 1 is 1.44 bits per heavy atom. The highest BCUT2D eigenvalue weighted by Gasteiger charge is 2.05. The van der Waals surface area contributed by atoms with Crippen molar-refractivity contribution in [2.45, 2.75) is 26.3 Å². The summed E-state index contributed by atoms with van der Waals surface area (Å²) in [6.45, 7) is 4.93. The third-order valence-electron chi connectivity index (χ3n) is 2.41. The maximum atomic E-state index is 8.67. The van der Waals surface area contributed by atoms with Crippen molar-refractivity contribution in [1.82, 2.24) is 9.97 Å². The molecule has 0 atom stereocenters. The first-order valence-corrected chi connectivity index (χ1v) is 6.61. The molecule has 2 rings (SSSR count). The van der Waals surface area contributed by atoms with E-state index in [4.69, 9.17) is 5.26 Å². The second-order valence-electron chi connectivity index (χ2n) is 4.23. The van der Waals surface area contributed by atoms with Gasteiger partial charge in [-0.25, -0.2) is 9.97 Å². The molecule has 0 aliphatic carbocycles. The van der Waals surface area contributed by atoms with Gasteiger partial charge in [-0.15, -0.1) is 11.3 Å². The van der Waals surface area contributed by atoms with E-state index >= 15 is 0 Å². The topological polar surface area (TPSA) is 61.6 Å². The van der Waals surface area contributed by atoms with Crippen LogP contribution in [0.5, 0.6) is 0 Å². The Hall–Kier alpha value is -1.93. The van der Waals surface area contributed by atoms with Crippen molar-refractivity contribution >= 4 is 17.2 Å². The van der Waals surface area contributed by atoms with Crippen LogP contribution in [0.1, 0.15) is 36.0 Å². The fourth-order valence-electron chi connectivity index (χ4n) is 1.41. The molecule has 2 aromatic heterocycles. The lowest BCUT2D eigenvalue weighted by Crippen LogP contribution is -2.02. The Morgan fingerprint density at radius 3 is 2.83 bits per heavy atom. The maximum absolute atomic E-state index is 8.67. The van der Waals surface area contributed by atoms with Crippen molar-refractivity contribution in [1.29, 1.82) is 5.26 Å². The van der Waals surface area contributed by atoms with Gasteiger partial charge in [0.05, 0.1) is 22.8 Å². The summed E-state index contributed by atoms with van der Waals surface area (Å²) in [5.41, 5.74) is 1.59. The van der Waals surface area contributed by atoms with Crippen molar-refractivity contribution < 1.29 is 0 Å². The van der Waals surface area contributed by atoms with E-state index in [9.17, 15) is 0 Å². The van der Waals surface area contributed by atoms with Crippen LogP contribution in [-0.2, 0) is 6.54 Å². The molecule has 0 aromatic carbocycles. The van der Waals surface area contributed by atoms with Crippen LogP contribution in [0.4, 0.5) is 5.82 Å². The summed E-state index contributed by atoms with van der Waals surface area (Å²) in [5.74, 6) is 1.23. The zero-order valence-electron chi connectivity index (χ0n) is 10.3. The van der Waals surface area contributed by atoms with E-state index < -0.39 is 0 Å². The maximum Gasteiger partial charge on any atom is 0.126 e. The Balaban J connectivity index is 1.96. The molecule has 0 aliphatic rings. The normalized spacial score (nSPS) is 10.3. The Labute approximate surface area is 110 Å². The van der Waals surface area contributed by atoms with Crippen molar-refractivity contribution in [3.05, 3.63) is 40.0 Å². The van der Waals surface area contributed by atoms with Gasteiger partial charge in [-0.2, -0.15) is 5.26 Å². The average Bonchev–Trinajstić information content (AvgIpc) is 2.86. The molecule has 0 radical (unpaired) electrons. The molecule has 0 saturated carbocycles.